The maximum absolute atomic E-state index is 12.7. The van der Waals surface area contributed by atoms with Gasteiger partial charge in [0.25, 0.3) is 5.91 Å². The number of pyridine rings is 1. The topological polar surface area (TPSA) is 69.0 Å². The van der Waals surface area contributed by atoms with Gasteiger partial charge in [-0.3, -0.25) is 9.20 Å². The Bertz CT molecular complexity index is 985. The molecule has 2 aromatic heterocycles. The summed E-state index contributed by atoms with van der Waals surface area (Å²) in [5, 5.41) is 8.60. The van der Waals surface area contributed by atoms with Gasteiger partial charge in [-0.1, -0.05) is 12.1 Å². The van der Waals surface area contributed by atoms with Crippen LogP contribution in [-0.4, -0.2) is 52.2 Å². The molecule has 7 heteroatoms. The largest absolute Gasteiger partial charge is 0.493 e. The van der Waals surface area contributed by atoms with Gasteiger partial charge in [0, 0.05) is 25.2 Å². The van der Waals surface area contributed by atoms with Crippen LogP contribution in [0, 0.1) is 6.92 Å². The van der Waals surface area contributed by atoms with Crippen molar-refractivity contribution in [3.63, 3.8) is 0 Å². The van der Waals surface area contributed by atoms with Gasteiger partial charge in [0.2, 0.25) is 0 Å². The Morgan fingerprint density at radius 3 is 2.96 bits per heavy atom. The fourth-order valence-corrected chi connectivity index (χ4v) is 3.68. The van der Waals surface area contributed by atoms with Crippen LogP contribution in [0.5, 0.6) is 11.5 Å². The number of rotatable bonds is 5. The first-order valence-electron chi connectivity index (χ1n) is 9.50. The highest BCUT2D eigenvalue weighted by Crippen LogP contribution is 2.29. The molecular formula is C21H24N4O3. The van der Waals surface area contributed by atoms with E-state index in [-0.39, 0.29) is 18.4 Å². The van der Waals surface area contributed by atoms with Gasteiger partial charge in [-0.2, -0.15) is 0 Å². The van der Waals surface area contributed by atoms with E-state index in [2.05, 4.69) is 10.2 Å². The number of likely N-dealkylation sites (tertiary alicyclic amines) is 1. The van der Waals surface area contributed by atoms with Crippen molar-refractivity contribution in [1.29, 1.82) is 0 Å². The number of benzene rings is 1. The van der Waals surface area contributed by atoms with Gasteiger partial charge in [-0.15, -0.1) is 10.2 Å². The fourth-order valence-electron chi connectivity index (χ4n) is 3.68. The highest BCUT2D eigenvalue weighted by Gasteiger charge is 2.28. The van der Waals surface area contributed by atoms with E-state index < -0.39 is 0 Å². The maximum Gasteiger partial charge on any atom is 0.260 e. The Balaban J connectivity index is 1.42. The van der Waals surface area contributed by atoms with Crippen molar-refractivity contribution in [2.75, 3.05) is 26.8 Å². The second-order valence-electron chi connectivity index (χ2n) is 7.11. The van der Waals surface area contributed by atoms with Gasteiger partial charge >= 0.3 is 0 Å². The monoisotopic (exact) mass is 380 g/mol. The number of fused-ring (bicyclic) bond motifs is 1. The van der Waals surface area contributed by atoms with Crippen molar-refractivity contribution in [3.8, 4) is 11.5 Å². The number of hydrogen-bond donors (Lipinski definition) is 0. The molecule has 4 rings (SSSR count). The van der Waals surface area contributed by atoms with Gasteiger partial charge in [-0.25, -0.2) is 0 Å². The molecule has 1 unspecified atom stereocenters. The maximum atomic E-state index is 12.7. The summed E-state index contributed by atoms with van der Waals surface area (Å²) in [6, 6.07) is 11.5. The van der Waals surface area contributed by atoms with Crippen LogP contribution in [0.1, 0.15) is 30.1 Å². The zero-order valence-corrected chi connectivity index (χ0v) is 16.2. The van der Waals surface area contributed by atoms with Crippen molar-refractivity contribution >= 4 is 11.6 Å². The quantitative estimate of drug-likeness (QED) is 0.681. The molecule has 0 bridgehead atoms. The van der Waals surface area contributed by atoms with Gasteiger partial charge in [0.1, 0.15) is 5.82 Å². The number of aromatic nitrogens is 3. The molecule has 1 aromatic carbocycles. The minimum absolute atomic E-state index is 0.00722. The number of nitrogens with zero attached hydrogens (tertiary/aromatic N) is 4. The van der Waals surface area contributed by atoms with Gasteiger partial charge in [-0.05, 0) is 49.6 Å². The minimum Gasteiger partial charge on any atom is -0.493 e. The Kier molecular flexibility index (Phi) is 5.14. The predicted octanol–water partition coefficient (Wildman–Crippen LogP) is 2.83. The average molecular weight is 380 g/mol. The molecule has 1 fully saturated rings. The molecule has 0 saturated carbocycles. The third-order valence-corrected chi connectivity index (χ3v) is 5.15. The van der Waals surface area contributed by atoms with Crippen LogP contribution in [0.25, 0.3) is 5.65 Å². The third-order valence-electron chi connectivity index (χ3n) is 5.15. The number of piperidine rings is 1. The van der Waals surface area contributed by atoms with Gasteiger partial charge < -0.3 is 14.4 Å². The molecule has 1 aliphatic heterocycles. The van der Waals surface area contributed by atoms with Crippen LogP contribution in [-0.2, 0) is 4.79 Å². The summed E-state index contributed by atoms with van der Waals surface area (Å²) in [5.41, 5.74) is 1.91. The third kappa shape index (κ3) is 3.65. The first kappa shape index (κ1) is 18.3. The number of carbonyl (C=O) groups is 1. The van der Waals surface area contributed by atoms with Crippen LogP contribution in [0.2, 0.25) is 0 Å². The SMILES string of the molecule is COc1cc(C)ccc1OCC(=O)N1CCCC(c2nnc3ccccn23)C1. The molecular weight excluding hydrogens is 356 g/mol. The number of ether oxygens (including phenoxy) is 2. The first-order chi connectivity index (χ1) is 13.7. The van der Waals surface area contributed by atoms with Crippen molar-refractivity contribution in [2.24, 2.45) is 0 Å². The van der Waals surface area contributed by atoms with E-state index >= 15 is 0 Å². The molecule has 0 radical (unpaired) electrons. The molecule has 0 spiro atoms. The van der Waals surface area contributed by atoms with Crippen molar-refractivity contribution in [3.05, 3.63) is 54.0 Å². The Morgan fingerprint density at radius 1 is 1.21 bits per heavy atom. The first-order valence-corrected chi connectivity index (χ1v) is 9.50. The highest BCUT2D eigenvalue weighted by molar-refractivity contribution is 5.78. The van der Waals surface area contributed by atoms with E-state index in [0.29, 0.717) is 18.0 Å². The standard InChI is InChI=1S/C21H24N4O3/c1-15-8-9-17(18(12-15)27-2)28-14-20(26)24-10-5-6-16(13-24)21-23-22-19-7-3-4-11-25(19)21/h3-4,7-9,11-12,16H,5-6,10,13-14H2,1-2H3. The molecule has 7 nitrogen and oxygen atoms in total. The second kappa shape index (κ2) is 7.88. The van der Waals surface area contributed by atoms with E-state index in [0.717, 1.165) is 36.4 Å². The average Bonchev–Trinajstić information content (AvgIpc) is 3.17. The molecule has 1 saturated heterocycles. The molecule has 3 heterocycles. The molecule has 1 atom stereocenters. The summed E-state index contributed by atoms with van der Waals surface area (Å²) < 4.78 is 13.1. The van der Waals surface area contributed by atoms with E-state index in [4.69, 9.17) is 9.47 Å². The summed E-state index contributed by atoms with van der Waals surface area (Å²) in [6.45, 7) is 3.34. The molecule has 0 aliphatic carbocycles. The smallest absolute Gasteiger partial charge is 0.260 e. The van der Waals surface area contributed by atoms with Crippen LogP contribution in [0.15, 0.2) is 42.6 Å². The summed E-state index contributed by atoms with van der Waals surface area (Å²) in [4.78, 5) is 14.6. The van der Waals surface area contributed by atoms with Crippen LogP contribution in [0.4, 0.5) is 0 Å². The summed E-state index contributed by atoms with van der Waals surface area (Å²) >= 11 is 0. The number of amides is 1. The zero-order valence-electron chi connectivity index (χ0n) is 16.2. The van der Waals surface area contributed by atoms with Crippen molar-refractivity contribution < 1.29 is 14.3 Å². The Hall–Kier alpha value is -3.09. The zero-order chi connectivity index (χ0) is 19.5. The van der Waals surface area contributed by atoms with Gasteiger partial charge in [0.05, 0.1) is 7.11 Å². The van der Waals surface area contributed by atoms with Crippen LogP contribution >= 0.6 is 0 Å². The number of carbonyl (C=O) groups excluding carboxylic acids is 1. The molecule has 146 valence electrons. The fraction of sp³-hybridized carbons (Fsp3) is 0.381. The lowest BCUT2D eigenvalue weighted by Crippen LogP contribution is -2.42. The van der Waals surface area contributed by atoms with Gasteiger partial charge in [0.15, 0.2) is 23.8 Å². The molecule has 3 aromatic rings. The minimum atomic E-state index is -0.0267. The van der Waals surface area contributed by atoms with E-state index in [1.165, 1.54) is 0 Å². The lowest BCUT2D eigenvalue weighted by Gasteiger charge is -2.32. The molecule has 28 heavy (non-hydrogen) atoms. The summed E-state index contributed by atoms with van der Waals surface area (Å²) in [6.07, 6.45) is 3.90. The lowest BCUT2D eigenvalue weighted by atomic mass is 9.97. The lowest BCUT2D eigenvalue weighted by molar-refractivity contribution is -0.134. The summed E-state index contributed by atoms with van der Waals surface area (Å²) in [7, 11) is 1.60. The normalized spacial score (nSPS) is 16.9. The summed E-state index contributed by atoms with van der Waals surface area (Å²) in [5.74, 6) is 2.28. The van der Waals surface area contributed by atoms with E-state index in [1.54, 1.807) is 7.11 Å². The number of hydrogen-bond acceptors (Lipinski definition) is 5. The molecule has 1 amide bonds. The predicted molar refractivity (Wildman–Crippen MR) is 105 cm³/mol. The Labute approximate surface area is 163 Å². The van der Waals surface area contributed by atoms with Crippen molar-refractivity contribution in [1.82, 2.24) is 19.5 Å². The second-order valence-corrected chi connectivity index (χ2v) is 7.11. The molecule has 1 aliphatic rings. The number of methoxy groups -OCH3 is 1. The van der Waals surface area contributed by atoms with Crippen molar-refractivity contribution in [2.45, 2.75) is 25.7 Å². The highest BCUT2D eigenvalue weighted by atomic mass is 16.5. The van der Waals surface area contributed by atoms with E-state index in [1.807, 2.05) is 58.8 Å². The van der Waals surface area contributed by atoms with Crippen LogP contribution in [0.3, 0.4) is 0 Å². The number of aryl methyl sites for hydroxylation is 1. The molecule has 0 N–H and O–H groups in total. The van der Waals surface area contributed by atoms with E-state index in [9.17, 15) is 4.79 Å². The van der Waals surface area contributed by atoms with Crippen LogP contribution < -0.4 is 9.47 Å². The Morgan fingerprint density at radius 2 is 2.11 bits per heavy atom.